The van der Waals surface area contributed by atoms with Crippen molar-refractivity contribution in [3.63, 3.8) is 0 Å². The first-order valence-corrected chi connectivity index (χ1v) is 12.4. The highest BCUT2D eigenvalue weighted by Gasteiger charge is 2.14. The first-order chi connectivity index (χ1) is 17.1. The van der Waals surface area contributed by atoms with Gasteiger partial charge in [-0.3, -0.25) is 14.8 Å². The number of fused-ring (bicyclic) bond motifs is 1. The Bertz CT molecular complexity index is 1220. The van der Waals surface area contributed by atoms with Crippen molar-refractivity contribution in [2.24, 2.45) is 0 Å². The van der Waals surface area contributed by atoms with Gasteiger partial charge in [0.15, 0.2) is 0 Å². The minimum atomic E-state index is -0.427. The molecule has 1 amide bonds. The lowest BCUT2D eigenvalue weighted by molar-refractivity contribution is 0.0949. The lowest BCUT2D eigenvalue weighted by Gasteiger charge is -2.16. The van der Waals surface area contributed by atoms with Gasteiger partial charge in [-0.2, -0.15) is 0 Å². The number of imidazole rings is 1. The molecular weight excluding hydrogens is 441 g/mol. The van der Waals surface area contributed by atoms with Crippen molar-refractivity contribution in [3.05, 3.63) is 89.5 Å². The molecule has 35 heavy (non-hydrogen) atoms. The van der Waals surface area contributed by atoms with Gasteiger partial charge in [0.25, 0.3) is 5.91 Å². The number of carbonyl (C=O) groups excluding carboxylic acids is 1. The van der Waals surface area contributed by atoms with Crippen LogP contribution < -0.4 is 5.32 Å². The Morgan fingerprint density at radius 3 is 2.77 bits per heavy atom. The zero-order valence-electron chi connectivity index (χ0n) is 20.1. The van der Waals surface area contributed by atoms with Crippen LogP contribution in [0.4, 0.5) is 4.39 Å². The van der Waals surface area contributed by atoms with Crippen molar-refractivity contribution in [2.45, 2.75) is 64.3 Å². The third-order valence-electron chi connectivity index (χ3n) is 6.39. The number of unbranched alkanes of at least 4 members (excludes halogenated alkanes) is 3. The van der Waals surface area contributed by atoms with Crippen LogP contribution in [0.1, 0.15) is 78.8 Å². The SMILES string of the molecule is CCC(CCCCCCc1nc2ccccc2[nH]1)c1cncc(C(=O)NCc2ncccc2F)c1. The number of carbonyl (C=O) groups is 1. The zero-order chi connectivity index (χ0) is 24.5. The van der Waals surface area contributed by atoms with Gasteiger partial charge in [-0.25, -0.2) is 9.37 Å². The molecule has 7 heteroatoms. The molecule has 3 heterocycles. The summed E-state index contributed by atoms with van der Waals surface area (Å²) in [5.41, 5.74) is 3.91. The van der Waals surface area contributed by atoms with Gasteiger partial charge in [-0.05, 0) is 61.1 Å². The summed E-state index contributed by atoms with van der Waals surface area (Å²) in [5, 5.41) is 2.74. The summed E-state index contributed by atoms with van der Waals surface area (Å²) in [4.78, 5) is 28.9. The van der Waals surface area contributed by atoms with E-state index in [1.165, 1.54) is 24.8 Å². The maximum atomic E-state index is 13.8. The standard InChI is InChI=1S/C28H32FN5O/c1-2-20(10-5-3-4-6-14-27-33-24-12-7-8-13-25(24)34-27)21-16-22(18-30-17-21)28(35)32-19-26-23(29)11-9-15-31-26/h7-9,11-13,15-18,20H,2-6,10,14,19H2,1H3,(H,32,35)(H,33,34). The molecule has 1 atom stereocenters. The second kappa shape index (κ2) is 12.2. The minimum Gasteiger partial charge on any atom is -0.346 e. The van der Waals surface area contributed by atoms with Gasteiger partial charge in [-0.15, -0.1) is 0 Å². The first-order valence-electron chi connectivity index (χ1n) is 12.4. The van der Waals surface area contributed by atoms with Gasteiger partial charge in [0.2, 0.25) is 0 Å². The molecule has 3 aromatic heterocycles. The van der Waals surface area contributed by atoms with E-state index < -0.39 is 5.82 Å². The van der Waals surface area contributed by atoms with Crippen LogP contribution in [0.5, 0.6) is 0 Å². The van der Waals surface area contributed by atoms with E-state index in [9.17, 15) is 9.18 Å². The molecule has 2 N–H and O–H groups in total. The first kappa shape index (κ1) is 24.5. The van der Waals surface area contributed by atoms with Crippen LogP contribution in [0.15, 0.2) is 61.1 Å². The fourth-order valence-electron chi connectivity index (χ4n) is 4.39. The van der Waals surface area contributed by atoms with Gasteiger partial charge in [0.05, 0.1) is 28.8 Å². The topological polar surface area (TPSA) is 83.6 Å². The number of nitrogens with one attached hydrogen (secondary N) is 2. The Hall–Kier alpha value is -3.61. The summed E-state index contributed by atoms with van der Waals surface area (Å²) in [5.74, 6) is 0.719. The molecule has 0 aliphatic rings. The van der Waals surface area contributed by atoms with Crippen LogP contribution in [0, 0.1) is 5.82 Å². The average Bonchev–Trinajstić information content (AvgIpc) is 3.30. The van der Waals surface area contributed by atoms with E-state index in [2.05, 4.69) is 38.2 Å². The Morgan fingerprint density at radius 1 is 1.09 bits per heavy atom. The largest absolute Gasteiger partial charge is 0.346 e. The predicted octanol–water partition coefficient (Wildman–Crippen LogP) is 6.11. The van der Waals surface area contributed by atoms with Crippen LogP contribution in [0.2, 0.25) is 0 Å². The van der Waals surface area contributed by atoms with E-state index in [1.54, 1.807) is 6.20 Å². The summed E-state index contributed by atoms with van der Waals surface area (Å²) in [7, 11) is 0. The number of para-hydroxylation sites is 2. The highest BCUT2D eigenvalue weighted by atomic mass is 19.1. The summed E-state index contributed by atoms with van der Waals surface area (Å²) in [6.45, 7) is 2.21. The van der Waals surface area contributed by atoms with Gasteiger partial charge in [0.1, 0.15) is 11.6 Å². The van der Waals surface area contributed by atoms with Gasteiger partial charge < -0.3 is 10.3 Å². The van der Waals surface area contributed by atoms with Crippen molar-refractivity contribution in [1.29, 1.82) is 0 Å². The molecule has 4 aromatic rings. The zero-order valence-corrected chi connectivity index (χ0v) is 20.1. The number of H-pyrrole nitrogens is 1. The van der Waals surface area contributed by atoms with Crippen molar-refractivity contribution >= 4 is 16.9 Å². The van der Waals surface area contributed by atoms with Gasteiger partial charge in [-0.1, -0.05) is 38.3 Å². The van der Waals surface area contributed by atoms with E-state index >= 15 is 0 Å². The van der Waals surface area contributed by atoms with Crippen LogP contribution in [-0.2, 0) is 13.0 Å². The Kier molecular flexibility index (Phi) is 8.54. The van der Waals surface area contributed by atoms with Crippen molar-refractivity contribution < 1.29 is 9.18 Å². The van der Waals surface area contributed by atoms with Crippen molar-refractivity contribution in [1.82, 2.24) is 25.3 Å². The lowest BCUT2D eigenvalue weighted by Crippen LogP contribution is -2.24. The maximum absolute atomic E-state index is 13.8. The fraction of sp³-hybridized carbons (Fsp3) is 0.357. The quantitative estimate of drug-likeness (QED) is 0.243. The molecule has 0 fully saturated rings. The molecule has 6 nitrogen and oxygen atoms in total. The van der Waals surface area contributed by atoms with Crippen LogP contribution in [-0.4, -0.2) is 25.8 Å². The monoisotopic (exact) mass is 473 g/mol. The molecule has 182 valence electrons. The molecular formula is C28H32FN5O. The second-order valence-electron chi connectivity index (χ2n) is 8.88. The second-order valence-corrected chi connectivity index (χ2v) is 8.88. The Balaban J connectivity index is 1.22. The summed E-state index contributed by atoms with van der Waals surface area (Å²) in [6, 6.07) is 12.9. The number of nitrogens with zero attached hydrogens (tertiary/aromatic N) is 3. The molecule has 0 saturated heterocycles. The van der Waals surface area contributed by atoms with E-state index in [4.69, 9.17) is 0 Å². The van der Waals surface area contributed by atoms with E-state index in [1.807, 2.05) is 30.5 Å². The molecule has 0 aliphatic carbocycles. The molecule has 4 rings (SSSR count). The number of aromatic amines is 1. The maximum Gasteiger partial charge on any atom is 0.253 e. The summed E-state index contributed by atoms with van der Waals surface area (Å²) >= 11 is 0. The van der Waals surface area contributed by atoms with Crippen LogP contribution >= 0.6 is 0 Å². The van der Waals surface area contributed by atoms with Crippen molar-refractivity contribution in [3.8, 4) is 0 Å². The summed E-state index contributed by atoms with van der Waals surface area (Å²) in [6.07, 6.45) is 12.5. The third-order valence-corrected chi connectivity index (χ3v) is 6.39. The van der Waals surface area contributed by atoms with Crippen molar-refractivity contribution in [2.75, 3.05) is 0 Å². The Labute approximate surface area is 205 Å². The number of benzene rings is 1. The number of pyridine rings is 2. The number of rotatable bonds is 12. The molecule has 0 radical (unpaired) electrons. The van der Waals surface area contributed by atoms with Gasteiger partial charge >= 0.3 is 0 Å². The van der Waals surface area contributed by atoms with Gasteiger partial charge in [0, 0.05) is 25.0 Å². The Morgan fingerprint density at radius 2 is 1.94 bits per heavy atom. The van der Waals surface area contributed by atoms with E-state index in [0.29, 0.717) is 11.5 Å². The number of hydrogen-bond acceptors (Lipinski definition) is 4. The number of hydrogen-bond donors (Lipinski definition) is 2. The molecule has 0 aliphatic heterocycles. The van der Waals surface area contributed by atoms with E-state index in [-0.39, 0.29) is 18.1 Å². The molecule has 1 aromatic carbocycles. The highest BCUT2D eigenvalue weighted by molar-refractivity contribution is 5.94. The average molecular weight is 474 g/mol. The predicted molar refractivity (Wildman–Crippen MR) is 136 cm³/mol. The number of aromatic nitrogens is 4. The smallest absolute Gasteiger partial charge is 0.253 e. The lowest BCUT2D eigenvalue weighted by atomic mass is 9.91. The number of halogens is 1. The summed E-state index contributed by atoms with van der Waals surface area (Å²) < 4.78 is 13.8. The number of amides is 1. The molecule has 0 saturated carbocycles. The molecule has 0 bridgehead atoms. The highest BCUT2D eigenvalue weighted by Crippen LogP contribution is 2.26. The molecule has 1 unspecified atom stereocenters. The van der Waals surface area contributed by atoms with E-state index in [0.717, 1.165) is 60.9 Å². The molecule has 0 spiro atoms. The number of aryl methyl sites for hydroxylation is 1. The minimum absolute atomic E-state index is 0.0426. The third kappa shape index (κ3) is 6.72. The fourth-order valence-corrected chi connectivity index (χ4v) is 4.39. The normalized spacial score (nSPS) is 12.1. The van der Waals surface area contributed by atoms with Crippen LogP contribution in [0.3, 0.4) is 0 Å². The van der Waals surface area contributed by atoms with Crippen LogP contribution in [0.25, 0.3) is 11.0 Å².